The van der Waals surface area contributed by atoms with E-state index in [1.54, 1.807) is 0 Å². The largest absolute Gasteiger partial charge is 0.356 e. The average molecular weight is 400 g/mol. The van der Waals surface area contributed by atoms with Crippen molar-refractivity contribution in [2.24, 2.45) is 5.41 Å². The zero-order valence-corrected chi connectivity index (χ0v) is 18.1. The molecule has 1 atom stereocenters. The third-order valence-electron chi connectivity index (χ3n) is 3.90. The molecule has 0 aromatic rings. The van der Waals surface area contributed by atoms with Crippen LogP contribution in [0.1, 0.15) is 60.8 Å². The number of rotatable bonds is 8. The zero-order valence-electron chi connectivity index (χ0n) is 17.3. The van der Waals surface area contributed by atoms with Crippen molar-refractivity contribution in [3.05, 3.63) is 0 Å². The predicted molar refractivity (Wildman–Crippen MR) is 107 cm³/mol. The van der Waals surface area contributed by atoms with Gasteiger partial charge in [0.25, 0.3) is 0 Å². The summed E-state index contributed by atoms with van der Waals surface area (Å²) in [4.78, 5) is 49.3. The van der Waals surface area contributed by atoms with Crippen LogP contribution in [0.3, 0.4) is 0 Å². The van der Waals surface area contributed by atoms with Gasteiger partial charge in [0.2, 0.25) is 23.6 Å². The van der Waals surface area contributed by atoms with Gasteiger partial charge in [-0.25, -0.2) is 0 Å². The van der Waals surface area contributed by atoms with E-state index in [2.05, 4.69) is 10.6 Å². The highest BCUT2D eigenvalue weighted by Gasteiger charge is 2.40. The van der Waals surface area contributed by atoms with Crippen LogP contribution in [0.25, 0.3) is 0 Å². The molecule has 0 bridgehead atoms. The quantitative estimate of drug-likeness (QED) is 0.478. The van der Waals surface area contributed by atoms with Crippen LogP contribution in [0.15, 0.2) is 0 Å². The highest BCUT2D eigenvalue weighted by Crippen LogP contribution is 2.34. The molecule has 0 saturated carbocycles. The molecule has 1 heterocycles. The van der Waals surface area contributed by atoms with E-state index in [9.17, 15) is 19.2 Å². The van der Waals surface area contributed by atoms with E-state index in [-0.39, 0.29) is 53.0 Å². The van der Waals surface area contributed by atoms with Crippen LogP contribution in [-0.4, -0.2) is 58.2 Å². The number of imide groups is 1. The summed E-state index contributed by atoms with van der Waals surface area (Å²) in [6.45, 7) is 12.6. The summed E-state index contributed by atoms with van der Waals surface area (Å²) in [6, 6.07) is 0. The molecule has 4 amide bonds. The Morgan fingerprint density at radius 2 is 1.67 bits per heavy atom. The Hall–Kier alpha value is -1.57. The molecule has 0 aliphatic carbocycles. The first kappa shape index (κ1) is 23.5. The maximum Gasteiger partial charge on any atom is 0.242 e. The third-order valence-corrected chi connectivity index (χ3v) is 5.26. The van der Waals surface area contributed by atoms with Crippen LogP contribution in [0.4, 0.5) is 0 Å². The third kappa shape index (κ3) is 8.32. The van der Waals surface area contributed by atoms with E-state index < -0.39 is 5.41 Å². The standard InChI is InChI=1S/C19H33N3O4S/c1-18(2,3)17(26)21-10-7-9-20-14(23)8-11-22-15(24)12-13(16(22)25)27-19(4,5)6/h13H,7-12H2,1-6H3,(H,20,23)(H,21,26). The van der Waals surface area contributed by atoms with Gasteiger partial charge in [0, 0.05) is 42.6 Å². The lowest BCUT2D eigenvalue weighted by Gasteiger charge is -2.21. The molecular weight excluding hydrogens is 366 g/mol. The number of hydrogen-bond acceptors (Lipinski definition) is 5. The van der Waals surface area contributed by atoms with Crippen LogP contribution >= 0.6 is 11.8 Å². The number of likely N-dealkylation sites (tertiary alicyclic amines) is 1. The normalized spacial score (nSPS) is 18.0. The summed E-state index contributed by atoms with van der Waals surface area (Å²) in [7, 11) is 0. The van der Waals surface area contributed by atoms with Crippen molar-refractivity contribution in [2.45, 2.75) is 70.8 Å². The van der Waals surface area contributed by atoms with Crippen LogP contribution in [0.2, 0.25) is 0 Å². The molecule has 1 aliphatic rings. The van der Waals surface area contributed by atoms with Gasteiger partial charge in [-0.3, -0.25) is 24.1 Å². The van der Waals surface area contributed by atoms with Gasteiger partial charge in [0.15, 0.2) is 0 Å². The number of amides is 4. The Bertz CT molecular complexity index is 578. The summed E-state index contributed by atoms with van der Waals surface area (Å²) in [5.74, 6) is -0.635. The molecule has 1 saturated heterocycles. The molecule has 154 valence electrons. The SMILES string of the molecule is CC(C)(C)SC1CC(=O)N(CCC(=O)NCCCNC(=O)C(C)(C)C)C1=O. The van der Waals surface area contributed by atoms with E-state index in [0.717, 1.165) is 0 Å². The smallest absolute Gasteiger partial charge is 0.242 e. The predicted octanol–water partition coefficient (Wildman–Crippen LogP) is 1.70. The molecule has 1 rings (SSSR count). The van der Waals surface area contributed by atoms with Crippen LogP contribution in [0.5, 0.6) is 0 Å². The maximum atomic E-state index is 12.4. The van der Waals surface area contributed by atoms with E-state index in [0.29, 0.717) is 19.5 Å². The van der Waals surface area contributed by atoms with Crippen molar-refractivity contribution in [3.63, 3.8) is 0 Å². The summed E-state index contributed by atoms with van der Waals surface area (Å²) in [6.07, 6.45) is 0.925. The van der Waals surface area contributed by atoms with Gasteiger partial charge >= 0.3 is 0 Å². The minimum Gasteiger partial charge on any atom is -0.356 e. The molecule has 1 aliphatic heterocycles. The lowest BCUT2D eigenvalue weighted by Crippen LogP contribution is -2.38. The second kappa shape index (κ2) is 9.57. The lowest BCUT2D eigenvalue weighted by molar-refractivity contribution is -0.138. The van der Waals surface area contributed by atoms with Gasteiger partial charge in [0.1, 0.15) is 0 Å². The molecule has 2 N–H and O–H groups in total. The molecule has 0 aromatic heterocycles. The fourth-order valence-electron chi connectivity index (χ4n) is 2.49. The molecule has 1 unspecified atom stereocenters. The molecule has 27 heavy (non-hydrogen) atoms. The van der Waals surface area contributed by atoms with Gasteiger partial charge in [-0.2, -0.15) is 0 Å². The first-order chi connectivity index (χ1) is 12.3. The molecule has 0 aromatic carbocycles. The Morgan fingerprint density at radius 1 is 1.07 bits per heavy atom. The molecule has 0 radical (unpaired) electrons. The highest BCUT2D eigenvalue weighted by molar-refractivity contribution is 8.01. The summed E-state index contributed by atoms with van der Waals surface area (Å²) >= 11 is 1.49. The monoisotopic (exact) mass is 399 g/mol. The fraction of sp³-hybridized carbons (Fsp3) is 0.789. The maximum absolute atomic E-state index is 12.4. The van der Waals surface area contributed by atoms with Crippen molar-refractivity contribution in [1.29, 1.82) is 0 Å². The number of carbonyl (C=O) groups is 4. The second-order valence-electron chi connectivity index (χ2n) is 8.77. The Morgan fingerprint density at radius 3 is 2.22 bits per heavy atom. The van der Waals surface area contributed by atoms with Crippen molar-refractivity contribution in [3.8, 4) is 0 Å². The van der Waals surface area contributed by atoms with Gasteiger partial charge < -0.3 is 10.6 Å². The topological polar surface area (TPSA) is 95.6 Å². The Kier molecular flexibility index (Phi) is 8.32. The van der Waals surface area contributed by atoms with Crippen LogP contribution in [0, 0.1) is 5.41 Å². The van der Waals surface area contributed by atoms with Gasteiger partial charge in [-0.15, -0.1) is 11.8 Å². The molecule has 0 spiro atoms. The molecule has 1 fully saturated rings. The van der Waals surface area contributed by atoms with Crippen molar-refractivity contribution >= 4 is 35.4 Å². The van der Waals surface area contributed by atoms with E-state index in [4.69, 9.17) is 0 Å². The van der Waals surface area contributed by atoms with Gasteiger partial charge in [0.05, 0.1) is 5.25 Å². The second-order valence-corrected chi connectivity index (χ2v) is 10.8. The van der Waals surface area contributed by atoms with Crippen LogP contribution in [-0.2, 0) is 19.2 Å². The minimum absolute atomic E-state index is 0.0254. The Balaban J connectivity index is 2.27. The van der Waals surface area contributed by atoms with Gasteiger partial charge in [-0.05, 0) is 6.42 Å². The molecule has 7 nitrogen and oxygen atoms in total. The van der Waals surface area contributed by atoms with Crippen molar-refractivity contribution in [2.75, 3.05) is 19.6 Å². The number of nitrogens with zero attached hydrogens (tertiary/aromatic N) is 1. The summed E-state index contributed by atoms with van der Waals surface area (Å²) in [5.41, 5.74) is -0.429. The van der Waals surface area contributed by atoms with E-state index >= 15 is 0 Å². The number of nitrogens with one attached hydrogen (secondary N) is 2. The van der Waals surface area contributed by atoms with Crippen molar-refractivity contribution in [1.82, 2.24) is 15.5 Å². The lowest BCUT2D eigenvalue weighted by atomic mass is 9.96. The van der Waals surface area contributed by atoms with E-state index in [1.165, 1.54) is 16.7 Å². The summed E-state index contributed by atoms with van der Waals surface area (Å²) < 4.78 is -0.101. The van der Waals surface area contributed by atoms with E-state index in [1.807, 2.05) is 41.5 Å². The number of carbonyl (C=O) groups excluding carboxylic acids is 4. The average Bonchev–Trinajstić information content (AvgIpc) is 2.76. The van der Waals surface area contributed by atoms with Gasteiger partial charge in [-0.1, -0.05) is 41.5 Å². The summed E-state index contributed by atoms with van der Waals surface area (Å²) in [5, 5.41) is 5.22. The Labute approximate surface area is 166 Å². The number of thioether (sulfide) groups is 1. The highest BCUT2D eigenvalue weighted by atomic mass is 32.2. The van der Waals surface area contributed by atoms with Crippen LogP contribution < -0.4 is 10.6 Å². The minimum atomic E-state index is -0.429. The fourth-order valence-corrected chi connectivity index (χ4v) is 3.80. The molecular formula is C19H33N3O4S. The number of hydrogen-bond donors (Lipinski definition) is 2. The first-order valence-electron chi connectivity index (χ1n) is 9.38. The zero-order chi connectivity index (χ0) is 20.8. The van der Waals surface area contributed by atoms with Crippen molar-refractivity contribution < 1.29 is 19.2 Å². The molecule has 8 heteroatoms. The first-order valence-corrected chi connectivity index (χ1v) is 10.3.